The molecule has 0 saturated heterocycles. The van der Waals surface area contributed by atoms with Gasteiger partial charge in [-0.15, -0.1) is 0 Å². The van der Waals surface area contributed by atoms with E-state index in [0.717, 1.165) is 29.8 Å². The molecule has 0 bridgehead atoms. The van der Waals surface area contributed by atoms with E-state index in [4.69, 9.17) is 4.65 Å². The minimum absolute atomic E-state index is 0.223. The van der Waals surface area contributed by atoms with Gasteiger partial charge >= 0.3 is 7.48 Å². The van der Waals surface area contributed by atoms with Gasteiger partial charge < -0.3 is 9.97 Å². The molecule has 5 heteroatoms. The summed E-state index contributed by atoms with van der Waals surface area (Å²) in [6.45, 7) is 10.2. The number of nitrogens with one attached hydrogen (secondary N) is 1. The van der Waals surface area contributed by atoms with Crippen molar-refractivity contribution in [2.75, 3.05) is 7.05 Å². The second kappa shape index (κ2) is 9.07. The highest BCUT2D eigenvalue weighted by Gasteiger charge is 2.37. The lowest BCUT2D eigenvalue weighted by Crippen LogP contribution is -2.47. The van der Waals surface area contributed by atoms with Gasteiger partial charge in [0.1, 0.15) is 6.29 Å². The third-order valence-corrected chi connectivity index (χ3v) is 5.75. The summed E-state index contributed by atoms with van der Waals surface area (Å²) in [6.07, 6.45) is 4.55. The molecule has 2 rings (SSSR count). The van der Waals surface area contributed by atoms with Crippen molar-refractivity contribution in [3.8, 4) is 0 Å². The van der Waals surface area contributed by atoms with Gasteiger partial charge in [-0.1, -0.05) is 30.7 Å². The van der Waals surface area contributed by atoms with E-state index in [1.54, 1.807) is 13.5 Å². The summed E-state index contributed by atoms with van der Waals surface area (Å²) in [5, 5.41) is 3.14. The van der Waals surface area contributed by atoms with Crippen molar-refractivity contribution >= 4 is 31.9 Å². The maximum atomic E-state index is 10.8. The highest BCUT2D eigenvalue weighted by atomic mass is 32.1. The number of carbonyl (C=O) groups excluding carboxylic acids is 1. The lowest BCUT2D eigenvalue weighted by atomic mass is 9.80. The highest BCUT2D eigenvalue weighted by molar-refractivity contribution is 7.81. The van der Waals surface area contributed by atoms with E-state index in [0.29, 0.717) is 5.56 Å². The zero-order valence-corrected chi connectivity index (χ0v) is 16.7. The maximum absolute atomic E-state index is 10.8. The fourth-order valence-electron chi connectivity index (χ4n) is 1.99. The van der Waals surface area contributed by atoms with Crippen LogP contribution in [0.2, 0.25) is 0 Å². The molecule has 1 aliphatic carbocycles. The molecule has 0 spiro atoms. The molecule has 1 radical (unpaired) electrons. The van der Waals surface area contributed by atoms with Crippen LogP contribution in [0.15, 0.2) is 18.2 Å². The summed E-state index contributed by atoms with van der Waals surface area (Å²) in [5.74, 6) is 0. The molecule has 133 valence electrons. The van der Waals surface area contributed by atoms with Crippen LogP contribution in [0.4, 0.5) is 0 Å². The first kappa shape index (κ1) is 21.3. The Morgan fingerprint density at radius 2 is 2.00 bits per heavy atom. The highest BCUT2D eigenvalue weighted by Crippen LogP contribution is 2.34. The first-order valence-corrected chi connectivity index (χ1v) is 9.08. The van der Waals surface area contributed by atoms with Gasteiger partial charge in [-0.25, -0.2) is 0 Å². The molecule has 1 N–H and O–H groups in total. The molecule has 3 nitrogen and oxygen atoms in total. The number of rotatable bonds is 7. The Morgan fingerprint density at radius 3 is 2.42 bits per heavy atom. The number of hydrogen-bond acceptors (Lipinski definition) is 4. The second-order valence-electron chi connectivity index (χ2n) is 7.17. The van der Waals surface area contributed by atoms with Crippen molar-refractivity contribution in [3.05, 3.63) is 29.3 Å². The van der Waals surface area contributed by atoms with Crippen LogP contribution in [-0.2, 0) is 4.65 Å². The lowest BCUT2D eigenvalue weighted by molar-refractivity contribution is 0.0764. The molecule has 1 aromatic carbocycles. The molecule has 1 fully saturated rings. The third kappa shape index (κ3) is 6.27. The molecule has 24 heavy (non-hydrogen) atoms. The Bertz CT molecular complexity index is 542. The topological polar surface area (TPSA) is 38.3 Å². The summed E-state index contributed by atoms with van der Waals surface area (Å²) in [7, 11) is 3.74. The molecule has 1 unspecified atom stereocenters. The number of aldehydes is 1. The van der Waals surface area contributed by atoms with E-state index < -0.39 is 5.60 Å². The molecule has 1 saturated carbocycles. The molecule has 0 amide bonds. The van der Waals surface area contributed by atoms with E-state index in [1.807, 2.05) is 40.0 Å². The summed E-state index contributed by atoms with van der Waals surface area (Å²) in [6, 6.07) is 6.45. The van der Waals surface area contributed by atoms with Crippen LogP contribution < -0.4 is 10.8 Å². The summed E-state index contributed by atoms with van der Waals surface area (Å²) >= 11 is 4.68. The molecular formula is C19H31BNO2S. The van der Waals surface area contributed by atoms with Gasteiger partial charge in [-0.05, 0) is 59.5 Å². The standard InChI is InChI=1S/C15H22BO2S.C4H9N/c1-6-15(5,19)14(3,4)18-16-13-9-12(10-17)8-7-11(13)2;1-5-4-2-3-4/h7-10,19H,6H2,1-5H3;4-5H,2-3H2,1H3. The van der Waals surface area contributed by atoms with Crippen molar-refractivity contribution in [3.63, 3.8) is 0 Å². The van der Waals surface area contributed by atoms with E-state index in [-0.39, 0.29) is 4.75 Å². The molecule has 1 aromatic rings. The Kier molecular flexibility index (Phi) is 8.04. The number of aryl methyl sites for hydroxylation is 1. The smallest absolute Gasteiger partial charge is 0.331 e. The third-order valence-electron chi connectivity index (χ3n) is 4.89. The van der Waals surface area contributed by atoms with Crippen molar-refractivity contribution < 1.29 is 9.45 Å². The minimum Gasteiger partial charge on any atom is -0.428 e. The van der Waals surface area contributed by atoms with Crippen LogP contribution in [0, 0.1) is 6.92 Å². The SMILES string of the molecule is CCC(C)(S)C(C)(C)O[B]c1cc(C=O)ccc1C.CNC1CC1. The van der Waals surface area contributed by atoms with Crippen molar-refractivity contribution in [2.45, 2.75) is 70.3 Å². The molecule has 0 aromatic heterocycles. The van der Waals surface area contributed by atoms with Crippen LogP contribution in [0.3, 0.4) is 0 Å². The quantitative estimate of drug-likeness (QED) is 0.451. The molecular weight excluding hydrogens is 317 g/mol. The van der Waals surface area contributed by atoms with E-state index in [9.17, 15) is 4.79 Å². The van der Waals surface area contributed by atoms with Crippen LogP contribution in [0.5, 0.6) is 0 Å². The first-order valence-electron chi connectivity index (χ1n) is 8.63. The Balaban J connectivity index is 0.000000488. The number of carbonyl (C=O) groups is 1. The van der Waals surface area contributed by atoms with Crippen LogP contribution >= 0.6 is 12.6 Å². The molecule has 0 aliphatic heterocycles. The number of benzene rings is 1. The minimum atomic E-state index is -0.394. The normalized spacial score (nSPS) is 16.6. The van der Waals surface area contributed by atoms with E-state index in [1.165, 1.54) is 12.8 Å². The van der Waals surface area contributed by atoms with E-state index >= 15 is 0 Å². The van der Waals surface area contributed by atoms with Gasteiger partial charge in [0, 0.05) is 16.4 Å². The molecule has 0 heterocycles. The fraction of sp³-hybridized carbons (Fsp3) is 0.632. The number of hydrogen-bond donors (Lipinski definition) is 2. The predicted octanol–water partition coefficient (Wildman–Crippen LogP) is 3.31. The number of thiol groups is 1. The van der Waals surface area contributed by atoms with Crippen LogP contribution in [0.1, 0.15) is 62.9 Å². The average molecular weight is 348 g/mol. The Hall–Kier alpha value is -0.775. The van der Waals surface area contributed by atoms with Gasteiger partial charge in [0.2, 0.25) is 0 Å². The Labute approximate surface area is 153 Å². The van der Waals surface area contributed by atoms with Crippen molar-refractivity contribution in [1.82, 2.24) is 5.32 Å². The van der Waals surface area contributed by atoms with E-state index in [2.05, 4.69) is 31.8 Å². The molecule has 1 aliphatic rings. The van der Waals surface area contributed by atoms with Crippen molar-refractivity contribution in [1.29, 1.82) is 0 Å². The Morgan fingerprint density at radius 1 is 1.38 bits per heavy atom. The monoisotopic (exact) mass is 348 g/mol. The molecule has 1 atom stereocenters. The largest absolute Gasteiger partial charge is 0.428 e. The van der Waals surface area contributed by atoms with Gasteiger partial charge in [-0.3, -0.25) is 4.79 Å². The van der Waals surface area contributed by atoms with Crippen LogP contribution in [-0.4, -0.2) is 37.2 Å². The average Bonchev–Trinajstić information content (AvgIpc) is 3.39. The zero-order valence-electron chi connectivity index (χ0n) is 15.8. The predicted molar refractivity (Wildman–Crippen MR) is 107 cm³/mol. The van der Waals surface area contributed by atoms with Crippen molar-refractivity contribution in [2.24, 2.45) is 0 Å². The van der Waals surface area contributed by atoms with Gasteiger partial charge in [0.25, 0.3) is 0 Å². The van der Waals surface area contributed by atoms with Gasteiger partial charge in [0.05, 0.1) is 5.60 Å². The second-order valence-corrected chi connectivity index (χ2v) is 8.16. The summed E-state index contributed by atoms with van der Waals surface area (Å²) < 4.78 is 5.71. The van der Waals surface area contributed by atoms with Gasteiger partial charge in [-0.2, -0.15) is 12.6 Å². The lowest BCUT2D eigenvalue weighted by Gasteiger charge is -2.40. The van der Waals surface area contributed by atoms with Crippen LogP contribution in [0.25, 0.3) is 0 Å². The van der Waals surface area contributed by atoms with Gasteiger partial charge in [0.15, 0.2) is 0 Å². The summed E-state index contributed by atoms with van der Waals surface area (Å²) in [4.78, 5) is 10.8. The zero-order chi connectivity index (χ0) is 18.4. The maximum Gasteiger partial charge on any atom is 0.331 e. The summed E-state index contributed by atoms with van der Waals surface area (Å²) in [5.41, 5.74) is 2.27. The first-order chi connectivity index (χ1) is 11.2. The fourth-order valence-corrected chi connectivity index (χ4v) is 2.05.